The van der Waals surface area contributed by atoms with Gasteiger partial charge in [-0.3, -0.25) is 4.79 Å². The predicted octanol–water partition coefficient (Wildman–Crippen LogP) is 2.64. The molecule has 0 aliphatic heterocycles. The van der Waals surface area contributed by atoms with Crippen LogP contribution in [-0.2, 0) is 10.2 Å². The summed E-state index contributed by atoms with van der Waals surface area (Å²) in [4.78, 5) is 11.9. The number of methoxy groups -OCH3 is 1. The minimum atomic E-state index is -3.82. The molecule has 2 N–H and O–H groups in total. The first-order valence-corrected chi connectivity index (χ1v) is 10.5. The minimum Gasteiger partial charge on any atom is -0.497 e. The van der Waals surface area contributed by atoms with Crippen LogP contribution in [0.2, 0.25) is 0 Å². The van der Waals surface area contributed by atoms with Crippen LogP contribution in [0.5, 0.6) is 17.2 Å². The first kappa shape index (κ1) is 24.4. The minimum absolute atomic E-state index is 0.207. The van der Waals surface area contributed by atoms with Crippen LogP contribution in [0.15, 0.2) is 48.5 Å². The lowest BCUT2D eigenvalue weighted by atomic mass is 10.2. The Morgan fingerprint density at radius 1 is 0.966 bits per heavy atom. The van der Waals surface area contributed by atoms with Crippen molar-refractivity contribution in [2.24, 2.45) is 0 Å². The quantitative estimate of drug-likeness (QED) is 0.678. The molecule has 0 atom stereocenters. The average molecular weight is 424 g/mol. The zero-order valence-corrected chi connectivity index (χ0v) is 18.2. The molecule has 0 spiro atoms. The molecule has 0 heterocycles. The molecule has 0 saturated heterocycles. The van der Waals surface area contributed by atoms with Gasteiger partial charge in [-0.05, 0) is 49.5 Å². The topological polar surface area (TPSA) is 97.0 Å². The Morgan fingerprint density at radius 3 is 2.03 bits per heavy atom. The summed E-state index contributed by atoms with van der Waals surface area (Å²) in [6.45, 7) is 6.39. The fraction of sp³-hybridized carbons (Fsp3) is 0.350. The lowest BCUT2D eigenvalue weighted by molar-refractivity contribution is 0.0979. The standard InChI is InChI=1S/C16H18N2O5S.C4H11N/c1-18(2)24(20,21)17-16(19)12-7-9-13(10-8-12)23-15-6-4-5-14(11-15)22-3;1-3-5-4-2/h4-11H,1-3H3,(H,17,19);5H,3-4H2,1-2H3. The number of hydrogen-bond donors (Lipinski definition) is 2. The van der Waals surface area contributed by atoms with Crippen LogP contribution in [0.3, 0.4) is 0 Å². The van der Waals surface area contributed by atoms with E-state index in [2.05, 4.69) is 19.2 Å². The van der Waals surface area contributed by atoms with Gasteiger partial charge in [0.05, 0.1) is 7.11 Å². The Hall–Kier alpha value is -2.62. The fourth-order valence-corrected chi connectivity index (χ4v) is 2.53. The van der Waals surface area contributed by atoms with Crippen LogP contribution >= 0.6 is 0 Å². The van der Waals surface area contributed by atoms with Crippen molar-refractivity contribution in [1.82, 2.24) is 14.3 Å². The lowest BCUT2D eigenvalue weighted by Gasteiger charge is -2.12. The van der Waals surface area contributed by atoms with Crippen molar-refractivity contribution in [2.45, 2.75) is 13.8 Å². The highest BCUT2D eigenvalue weighted by Gasteiger charge is 2.18. The van der Waals surface area contributed by atoms with Crippen molar-refractivity contribution in [2.75, 3.05) is 34.3 Å². The molecule has 0 saturated carbocycles. The Bertz CT molecular complexity index is 866. The second kappa shape index (κ2) is 12.1. The van der Waals surface area contributed by atoms with Crippen molar-refractivity contribution in [1.29, 1.82) is 0 Å². The molecule has 9 heteroatoms. The largest absolute Gasteiger partial charge is 0.497 e. The zero-order valence-electron chi connectivity index (χ0n) is 17.4. The van der Waals surface area contributed by atoms with Gasteiger partial charge < -0.3 is 14.8 Å². The van der Waals surface area contributed by atoms with Crippen LogP contribution in [0.1, 0.15) is 24.2 Å². The number of nitrogens with zero attached hydrogens (tertiary/aromatic N) is 1. The van der Waals surface area contributed by atoms with E-state index in [0.717, 1.165) is 17.4 Å². The molecule has 0 bridgehead atoms. The third kappa shape index (κ3) is 8.51. The average Bonchev–Trinajstić information content (AvgIpc) is 2.69. The number of carbonyl (C=O) groups is 1. The molecule has 2 rings (SSSR count). The number of rotatable bonds is 8. The summed E-state index contributed by atoms with van der Waals surface area (Å²) >= 11 is 0. The number of carbonyl (C=O) groups excluding carboxylic acids is 1. The van der Waals surface area contributed by atoms with Crippen LogP contribution < -0.4 is 19.5 Å². The van der Waals surface area contributed by atoms with Crippen molar-refractivity contribution in [3.05, 3.63) is 54.1 Å². The van der Waals surface area contributed by atoms with E-state index in [4.69, 9.17) is 9.47 Å². The van der Waals surface area contributed by atoms with E-state index in [9.17, 15) is 13.2 Å². The number of hydrogen-bond acceptors (Lipinski definition) is 6. The van der Waals surface area contributed by atoms with E-state index >= 15 is 0 Å². The zero-order chi connectivity index (χ0) is 21.9. The van der Waals surface area contributed by atoms with E-state index < -0.39 is 16.1 Å². The molecule has 0 aliphatic carbocycles. The SMILES string of the molecule is CCNCC.COc1cccc(Oc2ccc(C(=O)NS(=O)(=O)N(C)C)cc2)c1. The van der Waals surface area contributed by atoms with E-state index in [1.165, 1.54) is 26.2 Å². The van der Waals surface area contributed by atoms with E-state index in [1.807, 2.05) is 4.72 Å². The van der Waals surface area contributed by atoms with Gasteiger partial charge in [0.1, 0.15) is 17.2 Å². The highest BCUT2D eigenvalue weighted by atomic mass is 32.2. The molecule has 160 valence electrons. The Labute approximate surface area is 173 Å². The van der Waals surface area contributed by atoms with Gasteiger partial charge in [0.25, 0.3) is 5.91 Å². The Balaban J connectivity index is 0.000000749. The summed E-state index contributed by atoms with van der Waals surface area (Å²) in [6, 6.07) is 13.2. The second-order valence-corrected chi connectivity index (χ2v) is 7.87. The van der Waals surface area contributed by atoms with Gasteiger partial charge in [0.2, 0.25) is 0 Å². The number of nitrogens with one attached hydrogen (secondary N) is 2. The first-order chi connectivity index (χ1) is 13.7. The van der Waals surface area contributed by atoms with Gasteiger partial charge in [-0.2, -0.15) is 12.7 Å². The van der Waals surface area contributed by atoms with Gasteiger partial charge in [0.15, 0.2) is 0 Å². The Kier molecular flexibility index (Phi) is 10.1. The summed E-state index contributed by atoms with van der Waals surface area (Å²) in [6.07, 6.45) is 0. The highest BCUT2D eigenvalue weighted by molar-refractivity contribution is 7.87. The third-order valence-electron chi connectivity index (χ3n) is 3.60. The number of amides is 1. The summed E-state index contributed by atoms with van der Waals surface area (Å²) < 4.78 is 36.9. The van der Waals surface area contributed by atoms with E-state index in [0.29, 0.717) is 17.2 Å². The second-order valence-electron chi connectivity index (χ2n) is 5.98. The smallest absolute Gasteiger partial charge is 0.303 e. The molecule has 0 unspecified atom stereocenters. The summed E-state index contributed by atoms with van der Waals surface area (Å²) in [5.41, 5.74) is 0.207. The van der Waals surface area contributed by atoms with Crippen molar-refractivity contribution >= 4 is 16.1 Å². The molecule has 0 fully saturated rings. The maximum Gasteiger partial charge on any atom is 0.303 e. The predicted molar refractivity (Wildman–Crippen MR) is 114 cm³/mol. The fourth-order valence-electron chi connectivity index (χ4n) is 1.99. The lowest BCUT2D eigenvalue weighted by Crippen LogP contribution is -2.39. The van der Waals surface area contributed by atoms with E-state index in [-0.39, 0.29) is 5.56 Å². The van der Waals surface area contributed by atoms with Gasteiger partial charge >= 0.3 is 10.2 Å². The maximum atomic E-state index is 11.9. The summed E-state index contributed by atoms with van der Waals surface area (Å²) in [7, 11) is 0.409. The summed E-state index contributed by atoms with van der Waals surface area (Å²) in [5.74, 6) is 1.05. The first-order valence-electron chi connectivity index (χ1n) is 9.10. The third-order valence-corrected chi connectivity index (χ3v) is 5.00. The van der Waals surface area contributed by atoms with E-state index in [1.54, 1.807) is 43.5 Å². The monoisotopic (exact) mass is 423 g/mol. The molecule has 0 radical (unpaired) electrons. The van der Waals surface area contributed by atoms with Gasteiger partial charge in [0, 0.05) is 25.7 Å². The number of benzene rings is 2. The van der Waals surface area contributed by atoms with Crippen LogP contribution in [-0.4, -0.2) is 52.9 Å². The molecule has 2 aromatic rings. The van der Waals surface area contributed by atoms with Gasteiger partial charge in [-0.25, -0.2) is 4.72 Å². The highest BCUT2D eigenvalue weighted by Crippen LogP contribution is 2.25. The summed E-state index contributed by atoms with van der Waals surface area (Å²) in [5, 5.41) is 3.11. The van der Waals surface area contributed by atoms with Crippen molar-refractivity contribution in [3.63, 3.8) is 0 Å². The molecular weight excluding hydrogens is 394 g/mol. The van der Waals surface area contributed by atoms with Crippen molar-refractivity contribution in [3.8, 4) is 17.2 Å². The normalized spacial score (nSPS) is 10.7. The molecule has 1 amide bonds. The van der Waals surface area contributed by atoms with Crippen LogP contribution in [0.4, 0.5) is 0 Å². The van der Waals surface area contributed by atoms with Crippen LogP contribution in [0.25, 0.3) is 0 Å². The van der Waals surface area contributed by atoms with Crippen molar-refractivity contribution < 1.29 is 22.7 Å². The molecule has 29 heavy (non-hydrogen) atoms. The number of ether oxygens (including phenoxy) is 2. The maximum absolute atomic E-state index is 11.9. The molecule has 2 aromatic carbocycles. The molecule has 8 nitrogen and oxygen atoms in total. The molecule has 0 aliphatic rings. The molecule has 0 aromatic heterocycles. The van der Waals surface area contributed by atoms with Gasteiger partial charge in [-0.1, -0.05) is 19.9 Å². The van der Waals surface area contributed by atoms with Gasteiger partial charge in [-0.15, -0.1) is 0 Å². The van der Waals surface area contributed by atoms with Crippen LogP contribution in [0, 0.1) is 0 Å². The Morgan fingerprint density at radius 2 is 1.55 bits per heavy atom. The molecular formula is C20H29N3O5S.